The first-order chi connectivity index (χ1) is 14.1. The Morgan fingerprint density at radius 1 is 1.00 bits per heavy atom. The van der Waals surface area contributed by atoms with Crippen LogP contribution in [-0.4, -0.2) is 18.2 Å². The molecule has 29 heavy (non-hydrogen) atoms. The molecular weight excluding hydrogens is 371 g/mol. The summed E-state index contributed by atoms with van der Waals surface area (Å²) in [5.41, 5.74) is 4.14. The van der Waals surface area contributed by atoms with Crippen molar-refractivity contribution in [1.29, 1.82) is 0 Å². The highest BCUT2D eigenvalue weighted by atomic mass is 19.1. The number of amides is 1. The van der Waals surface area contributed by atoms with Crippen molar-refractivity contribution in [3.8, 4) is 11.5 Å². The summed E-state index contributed by atoms with van der Waals surface area (Å²) in [4.78, 5) is 12.0. The van der Waals surface area contributed by atoms with E-state index in [1.165, 1.54) is 18.3 Å². The Labute approximate surface area is 168 Å². The highest BCUT2D eigenvalue weighted by Gasteiger charge is 2.13. The first-order valence-corrected chi connectivity index (χ1v) is 9.12. The van der Waals surface area contributed by atoms with Gasteiger partial charge in [-0.3, -0.25) is 4.79 Å². The van der Waals surface area contributed by atoms with E-state index in [0.29, 0.717) is 18.1 Å². The van der Waals surface area contributed by atoms with Crippen LogP contribution in [0.15, 0.2) is 84.0 Å². The molecular formula is C23H21FN2O3. The van der Waals surface area contributed by atoms with Gasteiger partial charge in [0.25, 0.3) is 5.91 Å². The van der Waals surface area contributed by atoms with Crippen molar-refractivity contribution in [2.75, 3.05) is 0 Å². The molecule has 0 aliphatic carbocycles. The van der Waals surface area contributed by atoms with Crippen molar-refractivity contribution in [2.45, 2.75) is 19.6 Å². The van der Waals surface area contributed by atoms with E-state index in [1.807, 2.05) is 30.3 Å². The largest absolute Gasteiger partial charge is 0.489 e. The van der Waals surface area contributed by atoms with Crippen molar-refractivity contribution in [2.24, 2.45) is 5.10 Å². The maximum absolute atomic E-state index is 12.9. The zero-order valence-electron chi connectivity index (χ0n) is 15.9. The van der Waals surface area contributed by atoms with Gasteiger partial charge in [-0.2, -0.15) is 5.10 Å². The Morgan fingerprint density at radius 2 is 1.69 bits per heavy atom. The molecule has 3 rings (SSSR count). The van der Waals surface area contributed by atoms with Crippen LogP contribution in [0, 0.1) is 5.82 Å². The molecule has 0 radical (unpaired) electrons. The van der Waals surface area contributed by atoms with Gasteiger partial charge < -0.3 is 9.47 Å². The predicted octanol–water partition coefficient (Wildman–Crippen LogP) is 4.32. The molecule has 1 atom stereocenters. The first-order valence-electron chi connectivity index (χ1n) is 9.12. The Bertz CT molecular complexity index is 942. The van der Waals surface area contributed by atoms with Gasteiger partial charge in [-0.05, 0) is 66.6 Å². The Balaban J connectivity index is 1.45. The minimum Gasteiger partial charge on any atom is -0.489 e. The molecule has 0 heterocycles. The highest BCUT2D eigenvalue weighted by molar-refractivity contribution is 5.84. The first kappa shape index (κ1) is 20.1. The summed E-state index contributed by atoms with van der Waals surface area (Å²) < 4.78 is 24.1. The number of halogens is 1. The Morgan fingerprint density at radius 3 is 2.38 bits per heavy atom. The number of rotatable bonds is 8. The van der Waals surface area contributed by atoms with E-state index >= 15 is 0 Å². The third kappa shape index (κ3) is 6.46. The number of hydrogen-bond donors (Lipinski definition) is 1. The number of benzene rings is 3. The zero-order valence-corrected chi connectivity index (χ0v) is 15.9. The van der Waals surface area contributed by atoms with Crippen LogP contribution in [0.2, 0.25) is 0 Å². The molecule has 0 saturated carbocycles. The molecule has 1 amide bonds. The molecule has 3 aromatic carbocycles. The summed E-state index contributed by atoms with van der Waals surface area (Å²) in [6.07, 6.45) is 0.869. The number of carbonyl (C=O) groups excluding carboxylic acids is 1. The summed E-state index contributed by atoms with van der Waals surface area (Å²) in [7, 11) is 0. The van der Waals surface area contributed by atoms with Crippen LogP contribution in [-0.2, 0) is 11.4 Å². The number of nitrogens with zero attached hydrogens (tertiary/aromatic N) is 1. The van der Waals surface area contributed by atoms with Crippen LogP contribution in [0.5, 0.6) is 11.5 Å². The monoisotopic (exact) mass is 392 g/mol. The van der Waals surface area contributed by atoms with Gasteiger partial charge in [0.15, 0.2) is 6.10 Å². The second kappa shape index (κ2) is 10.0. The molecule has 1 N–H and O–H groups in total. The quantitative estimate of drug-likeness (QED) is 0.459. The standard InChI is InChI=1S/C23H21FN2O3/c1-17(29-22-5-3-2-4-6-22)23(27)26-25-15-18-9-13-21(14-10-18)28-16-19-7-11-20(24)12-8-19/h2-15,17H,16H2,1H3,(H,26,27)/b25-15+/t17-/m1/s1. The topological polar surface area (TPSA) is 59.9 Å². The average Bonchev–Trinajstić information content (AvgIpc) is 2.75. The molecule has 0 unspecified atom stereocenters. The van der Waals surface area contributed by atoms with E-state index in [2.05, 4.69) is 10.5 Å². The number of ether oxygens (including phenoxy) is 2. The molecule has 148 valence electrons. The van der Waals surface area contributed by atoms with E-state index in [4.69, 9.17) is 9.47 Å². The minimum atomic E-state index is -0.670. The summed E-state index contributed by atoms with van der Waals surface area (Å²) >= 11 is 0. The molecule has 0 bridgehead atoms. The van der Waals surface area contributed by atoms with Crippen LogP contribution in [0.25, 0.3) is 0 Å². The molecule has 3 aromatic rings. The van der Waals surface area contributed by atoms with Gasteiger partial charge in [0.1, 0.15) is 23.9 Å². The van der Waals surface area contributed by atoms with Crippen LogP contribution in [0.1, 0.15) is 18.1 Å². The lowest BCUT2D eigenvalue weighted by atomic mass is 10.2. The Hall–Kier alpha value is -3.67. The van der Waals surface area contributed by atoms with Gasteiger partial charge in [0.05, 0.1) is 6.21 Å². The fourth-order valence-corrected chi connectivity index (χ4v) is 2.42. The molecule has 0 spiro atoms. The highest BCUT2D eigenvalue weighted by Crippen LogP contribution is 2.14. The van der Waals surface area contributed by atoms with Gasteiger partial charge >= 0.3 is 0 Å². The van der Waals surface area contributed by atoms with E-state index < -0.39 is 6.10 Å². The van der Waals surface area contributed by atoms with Crippen molar-refractivity contribution in [3.05, 3.63) is 95.8 Å². The summed E-state index contributed by atoms with van der Waals surface area (Å²) in [6, 6.07) is 22.5. The smallest absolute Gasteiger partial charge is 0.280 e. The zero-order chi connectivity index (χ0) is 20.5. The molecule has 0 aromatic heterocycles. The summed E-state index contributed by atoms with van der Waals surface area (Å²) in [5.74, 6) is 0.686. The second-order valence-corrected chi connectivity index (χ2v) is 6.29. The maximum atomic E-state index is 12.9. The van der Waals surface area contributed by atoms with Gasteiger partial charge in [0, 0.05) is 0 Å². The fraction of sp³-hybridized carbons (Fsp3) is 0.130. The third-order valence-corrected chi connectivity index (χ3v) is 4.01. The number of hydrogen-bond acceptors (Lipinski definition) is 4. The lowest BCUT2D eigenvalue weighted by molar-refractivity contribution is -0.127. The van der Waals surface area contributed by atoms with Crippen LogP contribution < -0.4 is 14.9 Å². The fourth-order valence-electron chi connectivity index (χ4n) is 2.42. The lowest BCUT2D eigenvalue weighted by Gasteiger charge is -2.12. The van der Waals surface area contributed by atoms with Crippen LogP contribution in [0.4, 0.5) is 4.39 Å². The third-order valence-electron chi connectivity index (χ3n) is 4.01. The van der Waals surface area contributed by atoms with Crippen molar-refractivity contribution in [3.63, 3.8) is 0 Å². The van der Waals surface area contributed by atoms with Gasteiger partial charge in [-0.1, -0.05) is 30.3 Å². The van der Waals surface area contributed by atoms with Crippen LogP contribution >= 0.6 is 0 Å². The molecule has 0 saturated heterocycles. The van der Waals surface area contributed by atoms with Crippen molar-refractivity contribution >= 4 is 12.1 Å². The molecule has 0 fully saturated rings. The molecule has 0 aliphatic heterocycles. The average molecular weight is 392 g/mol. The van der Waals surface area contributed by atoms with E-state index in [-0.39, 0.29) is 11.7 Å². The SMILES string of the molecule is C[C@@H](Oc1ccccc1)C(=O)N/N=C/c1ccc(OCc2ccc(F)cc2)cc1. The summed E-state index contributed by atoms with van der Waals surface area (Å²) in [5, 5.41) is 3.95. The number of hydrazone groups is 1. The van der Waals surface area contributed by atoms with Crippen molar-refractivity contribution < 1.29 is 18.7 Å². The second-order valence-electron chi connectivity index (χ2n) is 6.29. The van der Waals surface area contributed by atoms with E-state index in [1.54, 1.807) is 43.3 Å². The maximum Gasteiger partial charge on any atom is 0.280 e. The minimum absolute atomic E-state index is 0.273. The number of para-hydroxylation sites is 1. The predicted molar refractivity (Wildman–Crippen MR) is 109 cm³/mol. The Kier molecular flexibility index (Phi) is 6.95. The molecule has 6 heteroatoms. The van der Waals surface area contributed by atoms with Gasteiger partial charge in [-0.25, -0.2) is 9.82 Å². The molecule has 5 nitrogen and oxygen atoms in total. The summed E-state index contributed by atoms with van der Waals surface area (Å²) in [6.45, 7) is 2.01. The van der Waals surface area contributed by atoms with E-state index in [0.717, 1.165) is 11.1 Å². The lowest BCUT2D eigenvalue weighted by Crippen LogP contribution is -2.33. The number of nitrogens with one attached hydrogen (secondary N) is 1. The normalized spacial score (nSPS) is 11.8. The van der Waals surface area contributed by atoms with Crippen LogP contribution in [0.3, 0.4) is 0 Å². The van der Waals surface area contributed by atoms with Gasteiger partial charge in [-0.15, -0.1) is 0 Å². The van der Waals surface area contributed by atoms with Gasteiger partial charge in [0.2, 0.25) is 0 Å². The molecule has 0 aliphatic rings. The number of carbonyl (C=O) groups is 1. The van der Waals surface area contributed by atoms with Crippen molar-refractivity contribution in [1.82, 2.24) is 5.43 Å². The van der Waals surface area contributed by atoms with E-state index in [9.17, 15) is 9.18 Å².